The van der Waals surface area contributed by atoms with Gasteiger partial charge in [0.25, 0.3) is 11.8 Å². The van der Waals surface area contributed by atoms with Crippen LogP contribution in [-0.2, 0) is 24.1 Å². The molecule has 0 unspecified atom stereocenters. The van der Waals surface area contributed by atoms with E-state index in [4.69, 9.17) is 14.1 Å². The van der Waals surface area contributed by atoms with Crippen molar-refractivity contribution in [2.45, 2.75) is 38.5 Å². The maximum Gasteiger partial charge on any atom is 0.291 e. The highest BCUT2D eigenvalue weighted by Crippen LogP contribution is 2.27. The number of fused-ring (bicyclic) bond motifs is 1. The van der Waals surface area contributed by atoms with Gasteiger partial charge in [-0.15, -0.1) is 11.3 Å². The van der Waals surface area contributed by atoms with Gasteiger partial charge in [0.15, 0.2) is 12.4 Å². The van der Waals surface area contributed by atoms with Crippen LogP contribution in [0.25, 0.3) is 0 Å². The standard InChI is InChI=1S/C23H25N3O4S/c27-21(24-12-4-11-22-26-18-8-1-2-10-20(18)31-22)15-30-17-7-3-6-16(14-17)25-23(28)19-9-5-13-29-19/h3,5-7,9,13-14H,1-2,4,8,10-12,15H2,(H,24,27)(H,25,28). The molecule has 2 aromatic heterocycles. The van der Waals surface area contributed by atoms with Crippen molar-refractivity contribution in [3.8, 4) is 5.75 Å². The van der Waals surface area contributed by atoms with Gasteiger partial charge in [0.2, 0.25) is 0 Å². The lowest BCUT2D eigenvalue weighted by molar-refractivity contribution is -0.123. The zero-order chi connectivity index (χ0) is 21.5. The third-order valence-corrected chi connectivity index (χ3v) is 6.20. The molecule has 2 amide bonds. The molecular weight excluding hydrogens is 414 g/mol. The van der Waals surface area contributed by atoms with Crippen LogP contribution < -0.4 is 15.4 Å². The molecule has 8 heteroatoms. The number of aryl methyl sites for hydroxylation is 3. The van der Waals surface area contributed by atoms with Crippen molar-refractivity contribution in [2.75, 3.05) is 18.5 Å². The number of carbonyl (C=O) groups excluding carboxylic acids is 2. The molecule has 4 rings (SSSR count). The van der Waals surface area contributed by atoms with E-state index in [1.54, 1.807) is 36.4 Å². The Morgan fingerprint density at radius 1 is 1.16 bits per heavy atom. The number of nitrogens with zero attached hydrogens (tertiary/aromatic N) is 1. The fourth-order valence-electron chi connectivity index (χ4n) is 3.44. The molecule has 31 heavy (non-hydrogen) atoms. The van der Waals surface area contributed by atoms with Gasteiger partial charge in [-0.3, -0.25) is 9.59 Å². The summed E-state index contributed by atoms with van der Waals surface area (Å²) in [5.74, 6) is 0.203. The summed E-state index contributed by atoms with van der Waals surface area (Å²) < 4.78 is 10.6. The van der Waals surface area contributed by atoms with Gasteiger partial charge in [-0.25, -0.2) is 4.98 Å². The second kappa shape index (κ2) is 10.3. The monoisotopic (exact) mass is 439 g/mol. The first kappa shape index (κ1) is 21.1. The molecule has 0 fully saturated rings. The number of nitrogens with one attached hydrogen (secondary N) is 2. The third-order valence-electron chi connectivity index (χ3n) is 4.99. The summed E-state index contributed by atoms with van der Waals surface area (Å²) in [5, 5.41) is 6.78. The average molecular weight is 440 g/mol. The number of furan rings is 1. The molecule has 0 aliphatic heterocycles. The van der Waals surface area contributed by atoms with Gasteiger partial charge in [-0.1, -0.05) is 6.07 Å². The first-order valence-corrected chi connectivity index (χ1v) is 11.3. The number of benzene rings is 1. The summed E-state index contributed by atoms with van der Waals surface area (Å²) in [6.07, 6.45) is 7.96. The van der Waals surface area contributed by atoms with Crippen LogP contribution in [-0.4, -0.2) is 29.9 Å². The average Bonchev–Trinajstić information content (AvgIpc) is 3.45. The highest BCUT2D eigenvalue weighted by Gasteiger charge is 2.15. The molecule has 2 N–H and O–H groups in total. The Hall–Kier alpha value is -3.13. The zero-order valence-electron chi connectivity index (χ0n) is 17.2. The van der Waals surface area contributed by atoms with Crippen molar-refractivity contribution in [1.82, 2.24) is 10.3 Å². The number of thiazole rings is 1. The summed E-state index contributed by atoms with van der Waals surface area (Å²) in [6, 6.07) is 10.1. The van der Waals surface area contributed by atoms with E-state index in [1.165, 1.54) is 34.7 Å². The Labute approximate surface area is 184 Å². The third kappa shape index (κ3) is 5.95. The smallest absolute Gasteiger partial charge is 0.291 e. The van der Waals surface area contributed by atoms with Gasteiger partial charge in [-0.2, -0.15) is 0 Å². The first-order valence-electron chi connectivity index (χ1n) is 10.5. The second-order valence-electron chi connectivity index (χ2n) is 7.39. The molecular formula is C23H25N3O4S. The van der Waals surface area contributed by atoms with Gasteiger partial charge in [0.1, 0.15) is 5.75 Å². The van der Waals surface area contributed by atoms with Crippen LogP contribution in [0.5, 0.6) is 5.75 Å². The molecule has 0 spiro atoms. The van der Waals surface area contributed by atoms with Crippen molar-refractivity contribution < 1.29 is 18.7 Å². The molecule has 0 radical (unpaired) electrons. The van der Waals surface area contributed by atoms with Gasteiger partial charge < -0.3 is 19.8 Å². The van der Waals surface area contributed by atoms with Crippen molar-refractivity contribution >= 4 is 28.8 Å². The molecule has 7 nitrogen and oxygen atoms in total. The van der Waals surface area contributed by atoms with E-state index in [0.29, 0.717) is 18.0 Å². The number of hydrogen-bond donors (Lipinski definition) is 2. The minimum Gasteiger partial charge on any atom is -0.484 e. The number of amides is 2. The van der Waals surface area contributed by atoms with Crippen molar-refractivity contribution in [3.63, 3.8) is 0 Å². The maximum atomic E-state index is 12.1. The Morgan fingerprint density at radius 2 is 2.06 bits per heavy atom. The van der Waals surface area contributed by atoms with Crippen LogP contribution in [0.4, 0.5) is 5.69 Å². The van der Waals surface area contributed by atoms with Crippen molar-refractivity contribution in [1.29, 1.82) is 0 Å². The molecule has 1 aliphatic rings. The number of aromatic nitrogens is 1. The Morgan fingerprint density at radius 3 is 2.90 bits per heavy atom. The number of carbonyl (C=O) groups is 2. The van der Waals surface area contributed by atoms with E-state index in [0.717, 1.165) is 25.7 Å². The number of rotatable bonds is 9. The summed E-state index contributed by atoms with van der Waals surface area (Å²) in [4.78, 5) is 30.3. The molecule has 3 aromatic rings. The lowest BCUT2D eigenvalue weighted by Crippen LogP contribution is -2.29. The highest BCUT2D eigenvalue weighted by atomic mass is 32.1. The molecule has 1 aliphatic carbocycles. The first-order chi connectivity index (χ1) is 15.2. The molecule has 1 aromatic carbocycles. The van der Waals surface area contributed by atoms with Crippen LogP contribution in [0.1, 0.15) is 45.4 Å². The fraction of sp³-hybridized carbons (Fsp3) is 0.348. The quantitative estimate of drug-likeness (QED) is 0.492. The number of ether oxygens (including phenoxy) is 1. The molecule has 0 saturated carbocycles. The minimum atomic E-state index is -0.346. The van der Waals surface area contributed by atoms with E-state index >= 15 is 0 Å². The van der Waals surface area contributed by atoms with E-state index in [1.807, 2.05) is 11.3 Å². The van der Waals surface area contributed by atoms with Gasteiger partial charge in [-0.05, 0) is 56.4 Å². The van der Waals surface area contributed by atoms with E-state index in [9.17, 15) is 9.59 Å². The second-order valence-corrected chi connectivity index (χ2v) is 8.55. The Kier molecular flexibility index (Phi) is 6.99. The number of anilines is 1. The summed E-state index contributed by atoms with van der Waals surface area (Å²) in [7, 11) is 0. The van der Waals surface area contributed by atoms with E-state index < -0.39 is 0 Å². The fourth-order valence-corrected chi connectivity index (χ4v) is 4.64. The predicted molar refractivity (Wildman–Crippen MR) is 119 cm³/mol. The van der Waals surface area contributed by atoms with Crippen molar-refractivity contribution in [3.05, 3.63) is 64.0 Å². The highest BCUT2D eigenvalue weighted by molar-refractivity contribution is 7.11. The molecule has 2 heterocycles. The minimum absolute atomic E-state index is 0.0822. The van der Waals surface area contributed by atoms with Crippen LogP contribution in [0.2, 0.25) is 0 Å². The number of hydrogen-bond acceptors (Lipinski definition) is 6. The Bertz CT molecular complexity index is 1010. The topological polar surface area (TPSA) is 93.5 Å². The largest absolute Gasteiger partial charge is 0.484 e. The van der Waals surface area contributed by atoms with E-state index in [-0.39, 0.29) is 24.2 Å². The van der Waals surface area contributed by atoms with Gasteiger partial charge in [0.05, 0.1) is 17.0 Å². The molecule has 0 saturated heterocycles. The maximum absolute atomic E-state index is 12.1. The SMILES string of the molecule is O=C(COc1cccc(NC(=O)c2ccco2)c1)NCCCc1nc2c(s1)CCCC2. The van der Waals surface area contributed by atoms with Crippen LogP contribution in [0.3, 0.4) is 0 Å². The predicted octanol–water partition coefficient (Wildman–Crippen LogP) is 4.00. The van der Waals surface area contributed by atoms with Crippen molar-refractivity contribution in [2.24, 2.45) is 0 Å². The lowest BCUT2D eigenvalue weighted by Gasteiger charge is -2.09. The van der Waals surface area contributed by atoms with Gasteiger partial charge >= 0.3 is 0 Å². The van der Waals surface area contributed by atoms with Gasteiger partial charge in [0, 0.05) is 29.6 Å². The normalized spacial score (nSPS) is 12.8. The van der Waals surface area contributed by atoms with Crippen LogP contribution >= 0.6 is 11.3 Å². The van der Waals surface area contributed by atoms with Crippen LogP contribution in [0, 0.1) is 0 Å². The van der Waals surface area contributed by atoms with E-state index in [2.05, 4.69) is 10.6 Å². The molecule has 162 valence electrons. The lowest BCUT2D eigenvalue weighted by atomic mass is 10.0. The molecule has 0 atom stereocenters. The summed E-state index contributed by atoms with van der Waals surface area (Å²) in [5.41, 5.74) is 1.84. The van der Waals surface area contributed by atoms with Crippen LogP contribution in [0.15, 0.2) is 47.1 Å². The summed E-state index contributed by atoms with van der Waals surface area (Å²) >= 11 is 1.82. The Balaban J connectivity index is 1.17. The summed E-state index contributed by atoms with van der Waals surface area (Å²) in [6.45, 7) is 0.507. The zero-order valence-corrected chi connectivity index (χ0v) is 18.0. The molecule has 0 bridgehead atoms.